The Morgan fingerprint density at radius 2 is 1.96 bits per heavy atom. The zero-order valence-electron chi connectivity index (χ0n) is 15.2. The highest BCUT2D eigenvalue weighted by atomic mass is 16.5. The summed E-state index contributed by atoms with van der Waals surface area (Å²) in [7, 11) is 0. The van der Waals surface area contributed by atoms with E-state index in [0.29, 0.717) is 12.2 Å². The lowest BCUT2D eigenvalue weighted by Crippen LogP contribution is -2.44. The van der Waals surface area contributed by atoms with Crippen molar-refractivity contribution in [2.45, 2.75) is 51.9 Å². The molecule has 0 aromatic heterocycles. The van der Waals surface area contributed by atoms with E-state index in [-0.39, 0.29) is 17.6 Å². The van der Waals surface area contributed by atoms with E-state index >= 15 is 0 Å². The highest BCUT2D eigenvalue weighted by molar-refractivity contribution is 5.81. The van der Waals surface area contributed by atoms with Crippen molar-refractivity contribution in [2.24, 2.45) is 0 Å². The maximum Gasteiger partial charge on any atom is 0.261 e. The van der Waals surface area contributed by atoms with Crippen LogP contribution in [0.4, 0.5) is 0 Å². The van der Waals surface area contributed by atoms with Crippen LogP contribution < -0.4 is 14.8 Å². The first kappa shape index (κ1) is 17.3. The molecule has 2 aromatic carbocycles. The number of fused-ring (bicyclic) bond motifs is 1. The first-order chi connectivity index (χ1) is 11.8. The largest absolute Gasteiger partial charge is 0.487 e. The second kappa shape index (κ2) is 6.79. The quantitative estimate of drug-likeness (QED) is 0.909. The third kappa shape index (κ3) is 4.13. The summed E-state index contributed by atoms with van der Waals surface area (Å²) in [5, 5.41) is 3.13. The normalized spacial score (nSPS) is 19.3. The summed E-state index contributed by atoms with van der Waals surface area (Å²) >= 11 is 0. The van der Waals surface area contributed by atoms with Gasteiger partial charge in [0.25, 0.3) is 5.91 Å². The first-order valence-corrected chi connectivity index (χ1v) is 8.66. The maximum atomic E-state index is 12.6. The molecular weight excluding hydrogens is 314 g/mol. The SMILES string of the molecule is Cc1ccc2c(c1)[C@@H](NC(=O)[C@H](C)Oc1ccccc1)CC(C)(C)O2. The van der Waals surface area contributed by atoms with Crippen LogP contribution in [0.25, 0.3) is 0 Å². The Bertz CT molecular complexity index is 755. The summed E-state index contributed by atoms with van der Waals surface area (Å²) in [5.74, 6) is 1.40. The smallest absolute Gasteiger partial charge is 0.261 e. The van der Waals surface area contributed by atoms with Gasteiger partial charge in [-0.3, -0.25) is 4.79 Å². The molecule has 25 heavy (non-hydrogen) atoms. The number of carbonyl (C=O) groups excluding carboxylic acids is 1. The number of rotatable bonds is 4. The maximum absolute atomic E-state index is 12.6. The van der Waals surface area contributed by atoms with Gasteiger partial charge in [0.15, 0.2) is 6.10 Å². The van der Waals surface area contributed by atoms with Gasteiger partial charge in [-0.1, -0.05) is 35.9 Å². The van der Waals surface area contributed by atoms with Gasteiger partial charge in [0.05, 0.1) is 6.04 Å². The number of aryl methyl sites for hydroxylation is 1. The van der Waals surface area contributed by atoms with Gasteiger partial charge in [-0.25, -0.2) is 0 Å². The summed E-state index contributed by atoms with van der Waals surface area (Å²) in [6, 6.07) is 15.4. The Labute approximate surface area is 149 Å². The molecule has 132 valence electrons. The van der Waals surface area contributed by atoms with Crippen molar-refractivity contribution in [3.8, 4) is 11.5 Å². The van der Waals surface area contributed by atoms with E-state index in [1.54, 1.807) is 6.92 Å². The lowest BCUT2D eigenvalue weighted by atomic mass is 9.89. The average molecular weight is 339 g/mol. The fourth-order valence-corrected chi connectivity index (χ4v) is 3.15. The topological polar surface area (TPSA) is 47.6 Å². The number of nitrogens with one attached hydrogen (secondary N) is 1. The summed E-state index contributed by atoms with van der Waals surface area (Å²) < 4.78 is 11.8. The predicted octanol–water partition coefficient (Wildman–Crippen LogP) is 4.18. The molecule has 0 aliphatic carbocycles. The van der Waals surface area contributed by atoms with Crippen molar-refractivity contribution in [1.29, 1.82) is 0 Å². The van der Waals surface area contributed by atoms with Crippen molar-refractivity contribution >= 4 is 5.91 Å². The number of hydrogen-bond donors (Lipinski definition) is 1. The van der Waals surface area contributed by atoms with Crippen molar-refractivity contribution < 1.29 is 14.3 Å². The zero-order chi connectivity index (χ0) is 18.0. The van der Waals surface area contributed by atoms with Crippen molar-refractivity contribution in [2.75, 3.05) is 0 Å². The number of hydrogen-bond acceptors (Lipinski definition) is 3. The molecule has 4 nitrogen and oxygen atoms in total. The van der Waals surface area contributed by atoms with Crippen LogP contribution >= 0.6 is 0 Å². The van der Waals surface area contributed by atoms with E-state index in [4.69, 9.17) is 9.47 Å². The number of amides is 1. The first-order valence-electron chi connectivity index (χ1n) is 8.66. The van der Waals surface area contributed by atoms with Gasteiger partial charge in [-0.2, -0.15) is 0 Å². The van der Waals surface area contributed by atoms with E-state index in [2.05, 4.69) is 11.4 Å². The lowest BCUT2D eigenvalue weighted by molar-refractivity contribution is -0.128. The third-order valence-electron chi connectivity index (χ3n) is 4.36. The molecule has 3 rings (SSSR count). The van der Waals surface area contributed by atoms with Crippen LogP contribution in [-0.4, -0.2) is 17.6 Å². The molecule has 2 aromatic rings. The molecule has 0 unspecified atom stereocenters. The van der Waals surface area contributed by atoms with E-state index in [1.807, 2.05) is 63.2 Å². The fourth-order valence-electron chi connectivity index (χ4n) is 3.15. The molecule has 1 aliphatic rings. The minimum absolute atomic E-state index is 0.0898. The molecule has 0 spiro atoms. The summed E-state index contributed by atoms with van der Waals surface area (Å²) in [5.41, 5.74) is 1.85. The molecule has 2 atom stereocenters. The van der Waals surface area contributed by atoms with E-state index in [1.165, 1.54) is 0 Å². The van der Waals surface area contributed by atoms with Gasteiger partial charge in [0.1, 0.15) is 17.1 Å². The molecule has 1 heterocycles. The molecule has 0 fully saturated rings. The summed E-state index contributed by atoms with van der Waals surface area (Å²) in [4.78, 5) is 12.6. The van der Waals surface area contributed by atoms with Gasteiger partial charge < -0.3 is 14.8 Å². The molecule has 1 amide bonds. The standard InChI is InChI=1S/C21H25NO3/c1-14-10-11-19-17(12-14)18(13-21(3,4)25-19)22-20(23)15(2)24-16-8-6-5-7-9-16/h5-12,15,18H,13H2,1-4H3,(H,22,23)/t15-,18-/m0/s1. The Morgan fingerprint density at radius 1 is 1.24 bits per heavy atom. The van der Waals surface area contributed by atoms with Crippen molar-refractivity contribution in [3.63, 3.8) is 0 Å². The highest BCUT2D eigenvalue weighted by Crippen LogP contribution is 2.39. The zero-order valence-corrected chi connectivity index (χ0v) is 15.2. The number of para-hydroxylation sites is 1. The number of carbonyl (C=O) groups is 1. The molecule has 0 bridgehead atoms. The van der Waals surface area contributed by atoms with Crippen molar-refractivity contribution in [1.82, 2.24) is 5.32 Å². The fraction of sp³-hybridized carbons (Fsp3) is 0.381. The Hall–Kier alpha value is -2.49. The van der Waals surface area contributed by atoms with Crippen LogP contribution in [0.2, 0.25) is 0 Å². The van der Waals surface area contributed by atoms with Crippen LogP contribution in [0.3, 0.4) is 0 Å². The highest BCUT2D eigenvalue weighted by Gasteiger charge is 2.35. The minimum atomic E-state index is -0.568. The van der Waals surface area contributed by atoms with Gasteiger partial charge in [0.2, 0.25) is 0 Å². The van der Waals surface area contributed by atoms with E-state index < -0.39 is 6.10 Å². The molecule has 1 N–H and O–H groups in total. The molecule has 1 aliphatic heterocycles. The average Bonchev–Trinajstić information content (AvgIpc) is 2.55. The second-order valence-corrected chi connectivity index (χ2v) is 7.24. The van der Waals surface area contributed by atoms with Gasteiger partial charge in [0, 0.05) is 12.0 Å². The van der Waals surface area contributed by atoms with Crippen LogP contribution in [0.5, 0.6) is 11.5 Å². The van der Waals surface area contributed by atoms with Crippen molar-refractivity contribution in [3.05, 3.63) is 59.7 Å². The Balaban J connectivity index is 1.75. The van der Waals surface area contributed by atoms with Crippen LogP contribution in [0, 0.1) is 6.92 Å². The second-order valence-electron chi connectivity index (χ2n) is 7.24. The van der Waals surface area contributed by atoms with Crippen LogP contribution in [0.1, 0.15) is 44.4 Å². The number of ether oxygens (including phenoxy) is 2. The lowest BCUT2D eigenvalue weighted by Gasteiger charge is -2.38. The molecule has 0 saturated heterocycles. The summed E-state index contributed by atoms with van der Waals surface area (Å²) in [6.07, 6.45) is 0.148. The number of benzene rings is 2. The minimum Gasteiger partial charge on any atom is -0.487 e. The third-order valence-corrected chi connectivity index (χ3v) is 4.36. The van der Waals surface area contributed by atoms with E-state index in [9.17, 15) is 4.79 Å². The van der Waals surface area contributed by atoms with Gasteiger partial charge >= 0.3 is 0 Å². The summed E-state index contributed by atoms with van der Waals surface area (Å²) in [6.45, 7) is 7.89. The molecule has 4 heteroatoms. The van der Waals surface area contributed by atoms with Gasteiger partial charge in [-0.15, -0.1) is 0 Å². The van der Waals surface area contributed by atoms with Crippen LogP contribution in [0.15, 0.2) is 48.5 Å². The van der Waals surface area contributed by atoms with Crippen LogP contribution in [-0.2, 0) is 4.79 Å². The predicted molar refractivity (Wildman–Crippen MR) is 97.9 cm³/mol. The molecule has 0 saturated carbocycles. The van der Waals surface area contributed by atoms with Gasteiger partial charge in [-0.05, 0) is 45.9 Å². The molecule has 0 radical (unpaired) electrons. The Morgan fingerprint density at radius 3 is 2.68 bits per heavy atom. The Kier molecular flexibility index (Phi) is 4.71. The van der Waals surface area contributed by atoms with E-state index in [0.717, 1.165) is 16.9 Å². The monoisotopic (exact) mass is 339 g/mol. The molecular formula is C21H25NO3.